The van der Waals surface area contributed by atoms with Gasteiger partial charge in [0.25, 0.3) is 0 Å². The first kappa shape index (κ1) is 13.1. The van der Waals surface area contributed by atoms with E-state index >= 15 is 0 Å². The van der Waals surface area contributed by atoms with Crippen LogP contribution in [-0.2, 0) is 9.53 Å². The Bertz CT molecular complexity index is 419. The van der Waals surface area contributed by atoms with Crippen LogP contribution in [-0.4, -0.2) is 28.9 Å². The molecule has 1 atom stereocenters. The molecule has 2 rings (SSSR count). The van der Waals surface area contributed by atoms with Gasteiger partial charge in [0.1, 0.15) is 11.4 Å². The molecule has 0 spiro atoms. The van der Waals surface area contributed by atoms with Gasteiger partial charge in [-0.05, 0) is 27.2 Å². The van der Waals surface area contributed by atoms with E-state index < -0.39 is 5.60 Å². The highest BCUT2D eigenvalue weighted by Crippen LogP contribution is 2.46. The van der Waals surface area contributed by atoms with Gasteiger partial charge in [0, 0.05) is 30.5 Å². The van der Waals surface area contributed by atoms with Gasteiger partial charge in [-0.25, -0.2) is 4.79 Å². The molecule has 1 unspecified atom stereocenters. The number of nitrogens with zero attached hydrogens (tertiary/aromatic N) is 1. The predicted octanol–water partition coefficient (Wildman–Crippen LogP) is 2.88. The van der Waals surface area contributed by atoms with Crippen LogP contribution in [0.3, 0.4) is 0 Å². The van der Waals surface area contributed by atoms with Crippen LogP contribution in [0.25, 0.3) is 0 Å². The number of ether oxygens (including phenoxy) is 1. The maximum atomic E-state index is 12.1. The van der Waals surface area contributed by atoms with Crippen molar-refractivity contribution in [3.05, 3.63) is 11.8 Å². The summed E-state index contributed by atoms with van der Waals surface area (Å²) in [5.74, 6) is 0.257. The third-order valence-electron chi connectivity index (χ3n) is 3.52. The zero-order chi connectivity index (χ0) is 13.6. The number of Topliss-reactive ketones (excluding diaryl/α,β-unsaturated/α-hetero) is 1. The van der Waals surface area contributed by atoms with Crippen LogP contribution >= 0.6 is 0 Å². The lowest BCUT2D eigenvalue weighted by Crippen LogP contribution is -2.36. The second-order valence-corrected chi connectivity index (χ2v) is 6.45. The highest BCUT2D eigenvalue weighted by Gasteiger charge is 2.45. The molecule has 0 aromatic carbocycles. The van der Waals surface area contributed by atoms with Crippen molar-refractivity contribution < 1.29 is 14.3 Å². The van der Waals surface area contributed by atoms with E-state index in [1.165, 1.54) is 0 Å². The van der Waals surface area contributed by atoms with Gasteiger partial charge >= 0.3 is 6.09 Å². The largest absolute Gasteiger partial charge is 0.443 e. The van der Waals surface area contributed by atoms with Gasteiger partial charge in [-0.2, -0.15) is 0 Å². The molecule has 0 bridgehead atoms. The Labute approximate surface area is 108 Å². The minimum Gasteiger partial charge on any atom is -0.443 e. The number of hydrogen-bond acceptors (Lipinski definition) is 3. The first-order chi connectivity index (χ1) is 8.21. The molecule has 4 nitrogen and oxygen atoms in total. The van der Waals surface area contributed by atoms with Gasteiger partial charge in [-0.3, -0.25) is 9.69 Å². The van der Waals surface area contributed by atoms with Crippen LogP contribution in [0.15, 0.2) is 11.8 Å². The number of carbonyl (C=O) groups is 2. The molecule has 0 N–H and O–H groups in total. The van der Waals surface area contributed by atoms with Crippen molar-refractivity contribution in [1.29, 1.82) is 0 Å². The van der Waals surface area contributed by atoms with Crippen LogP contribution < -0.4 is 0 Å². The third-order valence-corrected chi connectivity index (χ3v) is 3.52. The van der Waals surface area contributed by atoms with E-state index in [0.717, 1.165) is 12.1 Å². The zero-order valence-corrected chi connectivity index (χ0v) is 11.6. The number of allylic oxidation sites excluding steroid dienone is 2. The summed E-state index contributed by atoms with van der Waals surface area (Å²) in [5.41, 5.74) is 0.309. The fraction of sp³-hybridized carbons (Fsp3) is 0.714. The van der Waals surface area contributed by atoms with Crippen molar-refractivity contribution in [1.82, 2.24) is 4.90 Å². The Kier molecular flexibility index (Phi) is 2.99. The Morgan fingerprint density at radius 1 is 1.44 bits per heavy atom. The highest BCUT2D eigenvalue weighted by molar-refractivity contribution is 5.84. The summed E-state index contributed by atoms with van der Waals surface area (Å²) in [6, 6.07) is 0. The molecule has 1 aliphatic heterocycles. The Morgan fingerprint density at radius 3 is 2.72 bits per heavy atom. The Balaban J connectivity index is 2.18. The van der Waals surface area contributed by atoms with Crippen LogP contribution in [0.4, 0.5) is 4.79 Å². The van der Waals surface area contributed by atoms with Gasteiger partial charge in [0.2, 0.25) is 0 Å². The molecule has 1 heterocycles. The van der Waals surface area contributed by atoms with Crippen LogP contribution in [0.5, 0.6) is 0 Å². The van der Waals surface area contributed by atoms with Gasteiger partial charge < -0.3 is 4.74 Å². The van der Waals surface area contributed by atoms with Crippen molar-refractivity contribution in [2.24, 2.45) is 5.41 Å². The highest BCUT2D eigenvalue weighted by atomic mass is 16.6. The molecular formula is C14H21NO3. The van der Waals surface area contributed by atoms with Crippen molar-refractivity contribution >= 4 is 11.9 Å². The fourth-order valence-corrected chi connectivity index (χ4v) is 2.69. The Hall–Kier alpha value is -1.32. The standard InChI is InChI=1S/C14H21NO3/c1-13(2,3)18-12(17)15-8-7-14(4)9-10(16)5-6-11(14)15/h6H,5,7-9H2,1-4H3. The summed E-state index contributed by atoms with van der Waals surface area (Å²) in [7, 11) is 0. The summed E-state index contributed by atoms with van der Waals surface area (Å²) >= 11 is 0. The maximum Gasteiger partial charge on any atom is 0.414 e. The van der Waals surface area contributed by atoms with Crippen LogP contribution in [0.2, 0.25) is 0 Å². The maximum absolute atomic E-state index is 12.1. The van der Waals surface area contributed by atoms with Gasteiger partial charge in [-0.15, -0.1) is 0 Å². The molecule has 1 amide bonds. The molecule has 0 aromatic rings. The van der Waals surface area contributed by atoms with Gasteiger partial charge in [0.05, 0.1) is 0 Å². The van der Waals surface area contributed by atoms with E-state index in [2.05, 4.69) is 6.92 Å². The van der Waals surface area contributed by atoms with Crippen molar-refractivity contribution in [3.63, 3.8) is 0 Å². The molecule has 0 aromatic heterocycles. The van der Waals surface area contributed by atoms with Gasteiger partial charge in [0.15, 0.2) is 0 Å². The topological polar surface area (TPSA) is 46.6 Å². The summed E-state index contributed by atoms with van der Waals surface area (Å²) in [4.78, 5) is 25.3. The average molecular weight is 251 g/mol. The molecular weight excluding hydrogens is 230 g/mol. The molecule has 0 saturated carbocycles. The second kappa shape index (κ2) is 4.11. The quantitative estimate of drug-likeness (QED) is 0.665. The second-order valence-electron chi connectivity index (χ2n) is 6.45. The smallest absolute Gasteiger partial charge is 0.414 e. The molecule has 1 fully saturated rings. The lowest BCUT2D eigenvalue weighted by molar-refractivity contribution is -0.120. The first-order valence-electron chi connectivity index (χ1n) is 6.44. The van der Waals surface area contributed by atoms with E-state index in [9.17, 15) is 9.59 Å². The third kappa shape index (κ3) is 2.42. The molecule has 2 aliphatic rings. The van der Waals surface area contributed by atoms with E-state index in [1.807, 2.05) is 26.8 Å². The molecule has 100 valence electrons. The van der Waals surface area contributed by atoms with Crippen LogP contribution in [0.1, 0.15) is 47.0 Å². The zero-order valence-electron chi connectivity index (χ0n) is 11.6. The first-order valence-corrected chi connectivity index (χ1v) is 6.44. The fourth-order valence-electron chi connectivity index (χ4n) is 2.69. The SMILES string of the molecule is CC(C)(C)OC(=O)N1CCC2(C)CC(=O)CC=C12. The van der Waals surface area contributed by atoms with Crippen molar-refractivity contribution in [3.8, 4) is 0 Å². The van der Waals surface area contributed by atoms with Gasteiger partial charge in [-0.1, -0.05) is 13.0 Å². The number of ketones is 1. The number of carbonyl (C=O) groups excluding carboxylic acids is 2. The number of hydrogen-bond donors (Lipinski definition) is 0. The van der Waals surface area contributed by atoms with E-state index in [4.69, 9.17) is 4.74 Å². The summed E-state index contributed by atoms with van der Waals surface area (Å²) < 4.78 is 5.40. The average Bonchev–Trinajstić information content (AvgIpc) is 2.51. The monoisotopic (exact) mass is 251 g/mol. The number of amides is 1. The molecule has 1 aliphatic carbocycles. The number of fused-ring (bicyclic) bond motifs is 1. The molecule has 0 radical (unpaired) electrons. The molecule has 4 heteroatoms. The normalized spacial score (nSPS) is 27.9. The number of rotatable bonds is 0. The van der Waals surface area contributed by atoms with E-state index in [0.29, 0.717) is 19.4 Å². The Morgan fingerprint density at radius 2 is 2.11 bits per heavy atom. The minimum absolute atomic E-state index is 0.174. The van der Waals surface area contributed by atoms with Crippen LogP contribution in [0, 0.1) is 5.41 Å². The molecule has 1 saturated heterocycles. The number of likely N-dealkylation sites (tertiary alicyclic amines) is 1. The molecule has 18 heavy (non-hydrogen) atoms. The van der Waals surface area contributed by atoms with Crippen molar-refractivity contribution in [2.75, 3.05) is 6.54 Å². The van der Waals surface area contributed by atoms with E-state index in [1.54, 1.807) is 4.90 Å². The predicted molar refractivity (Wildman–Crippen MR) is 68.0 cm³/mol. The lowest BCUT2D eigenvalue weighted by atomic mass is 9.77. The minimum atomic E-state index is -0.485. The lowest BCUT2D eigenvalue weighted by Gasteiger charge is -2.32. The summed E-state index contributed by atoms with van der Waals surface area (Å²) in [6.07, 6.45) is 3.40. The van der Waals surface area contributed by atoms with E-state index in [-0.39, 0.29) is 17.3 Å². The van der Waals surface area contributed by atoms with Crippen molar-refractivity contribution in [2.45, 2.75) is 52.6 Å². The summed E-state index contributed by atoms with van der Waals surface area (Å²) in [5, 5.41) is 0. The summed E-state index contributed by atoms with van der Waals surface area (Å²) in [6.45, 7) is 8.28.